The fraction of sp³-hybridized carbons (Fsp3) is 0.600. The Bertz CT molecular complexity index is 528. The van der Waals surface area contributed by atoms with E-state index in [0.29, 0.717) is 5.56 Å². The van der Waals surface area contributed by atoms with Gasteiger partial charge in [-0.15, -0.1) is 0 Å². The van der Waals surface area contributed by atoms with Crippen molar-refractivity contribution in [1.29, 1.82) is 0 Å². The lowest BCUT2D eigenvalue weighted by atomic mass is 9.75. The van der Waals surface area contributed by atoms with E-state index in [1.165, 1.54) is 0 Å². The van der Waals surface area contributed by atoms with E-state index in [4.69, 9.17) is 9.31 Å². The Hall–Kier alpha value is -0.905. The van der Waals surface area contributed by atoms with Crippen LogP contribution in [0.25, 0.3) is 0 Å². The molecule has 1 aromatic rings. The molecule has 0 bridgehead atoms. The van der Waals surface area contributed by atoms with Crippen molar-refractivity contribution in [2.45, 2.75) is 57.6 Å². The van der Waals surface area contributed by atoms with Crippen LogP contribution in [0, 0.1) is 0 Å². The zero-order valence-electron chi connectivity index (χ0n) is 12.3. The molecule has 2 aliphatic rings. The summed E-state index contributed by atoms with van der Waals surface area (Å²) in [5.41, 5.74) is 1.47. The monoisotopic (exact) mass is 278 g/mol. The SMILES string of the molecule is CC1(C)OB(c2cccc3c2C[C@@H](F)[C@@H]3O)OC1(C)C. The van der Waals surface area contributed by atoms with Crippen molar-refractivity contribution in [1.82, 2.24) is 0 Å². The van der Waals surface area contributed by atoms with Gasteiger partial charge < -0.3 is 14.4 Å². The van der Waals surface area contributed by atoms with Gasteiger partial charge in [0.1, 0.15) is 12.3 Å². The number of rotatable bonds is 1. The summed E-state index contributed by atoms with van der Waals surface area (Å²) in [4.78, 5) is 0. The van der Waals surface area contributed by atoms with E-state index >= 15 is 0 Å². The highest BCUT2D eigenvalue weighted by atomic mass is 19.1. The van der Waals surface area contributed by atoms with Crippen LogP contribution in [0.15, 0.2) is 18.2 Å². The molecule has 0 saturated carbocycles. The molecule has 0 unspecified atom stereocenters. The maximum Gasteiger partial charge on any atom is 0.495 e. The molecule has 108 valence electrons. The van der Waals surface area contributed by atoms with E-state index < -0.39 is 30.6 Å². The molecule has 0 radical (unpaired) electrons. The Morgan fingerprint density at radius 1 is 1.20 bits per heavy atom. The number of hydrogen-bond acceptors (Lipinski definition) is 3. The highest BCUT2D eigenvalue weighted by molar-refractivity contribution is 6.62. The Balaban J connectivity index is 1.99. The molecule has 1 aliphatic heterocycles. The van der Waals surface area contributed by atoms with Gasteiger partial charge in [-0.05, 0) is 44.3 Å². The number of alkyl halides is 1. The lowest BCUT2D eigenvalue weighted by Crippen LogP contribution is -2.41. The summed E-state index contributed by atoms with van der Waals surface area (Å²) in [7, 11) is -0.507. The molecule has 0 amide bonds. The number of halogens is 1. The summed E-state index contributed by atoms with van der Waals surface area (Å²) in [6, 6.07) is 5.49. The highest BCUT2D eigenvalue weighted by Gasteiger charge is 2.52. The van der Waals surface area contributed by atoms with E-state index in [0.717, 1.165) is 11.0 Å². The molecule has 1 heterocycles. The normalized spacial score (nSPS) is 30.6. The second-order valence-corrected chi connectivity index (χ2v) is 6.67. The predicted octanol–water partition coefficient (Wildman–Crippen LogP) is 1.91. The zero-order valence-corrected chi connectivity index (χ0v) is 12.3. The topological polar surface area (TPSA) is 38.7 Å². The first kappa shape index (κ1) is 14.0. The van der Waals surface area contributed by atoms with Gasteiger partial charge >= 0.3 is 7.12 Å². The molecule has 1 aliphatic carbocycles. The van der Waals surface area contributed by atoms with E-state index in [1.54, 1.807) is 6.07 Å². The summed E-state index contributed by atoms with van der Waals surface area (Å²) in [6.45, 7) is 7.96. The second-order valence-electron chi connectivity index (χ2n) is 6.67. The van der Waals surface area contributed by atoms with Crippen molar-refractivity contribution in [2.24, 2.45) is 0 Å². The summed E-state index contributed by atoms with van der Waals surface area (Å²) in [6.07, 6.45) is -2.06. The molecule has 20 heavy (non-hydrogen) atoms. The molecule has 5 heteroatoms. The van der Waals surface area contributed by atoms with Crippen LogP contribution in [0.4, 0.5) is 4.39 Å². The quantitative estimate of drug-likeness (QED) is 0.798. The Labute approximate surface area is 119 Å². The average molecular weight is 278 g/mol. The molecule has 1 aromatic carbocycles. The van der Waals surface area contributed by atoms with Gasteiger partial charge in [0.05, 0.1) is 11.2 Å². The molecular weight excluding hydrogens is 258 g/mol. The van der Waals surface area contributed by atoms with Crippen LogP contribution in [0.1, 0.15) is 44.9 Å². The van der Waals surface area contributed by atoms with Crippen LogP contribution in [-0.2, 0) is 15.7 Å². The van der Waals surface area contributed by atoms with Crippen molar-refractivity contribution in [2.75, 3.05) is 0 Å². The first-order valence-electron chi connectivity index (χ1n) is 7.02. The molecule has 0 aromatic heterocycles. The van der Waals surface area contributed by atoms with Crippen molar-refractivity contribution in [3.05, 3.63) is 29.3 Å². The predicted molar refractivity (Wildman–Crippen MR) is 75.7 cm³/mol. The van der Waals surface area contributed by atoms with Crippen LogP contribution < -0.4 is 5.46 Å². The minimum Gasteiger partial charge on any atom is -0.399 e. The molecule has 3 nitrogen and oxygen atoms in total. The fourth-order valence-corrected chi connectivity index (χ4v) is 2.83. The maximum absolute atomic E-state index is 13.7. The van der Waals surface area contributed by atoms with Crippen LogP contribution in [0.2, 0.25) is 0 Å². The molecule has 3 rings (SSSR count). The summed E-state index contributed by atoms with van der Waals surface area (Å²) >= 11 is 0. The van der Waals surface area contributed by atoms with Gasteiger partial charge in [-0.3, -0.25) is 0 Å². The van der Waals surface area contributed by atoms with Crippen LogP contribution >= 0.6 is 0 Å². The number of hydrogen-bond donors (Lipinski definition) is 1. The van der Waals surface area contributed by atoms with Gasteiger partial charge in [-0.25, -0.2) is 4.39 Å². The third kappa shape index (κ3) is 1.91. The largest absolute Gasteiger partial charge is 0.495 e. The smallest absolute Gasteiger partial charge is 0.399 e. The van der Waals surface area contributed by atoms with Crippen molar-refractivity contribution in [3.8, 4) is 0 Å². The van der Waals surface area contributed by atoms with Gasteiger partial charge in [0.25, 0.3) is 0 Å². The van der Waals surface area contributed by atoms with Crippen LogP contribution in [0.3, 0.4) is 0 Å². The third-order valence-electron chi connectivity index (χ3n) is 4.82. The minimum atomic E-state index is -1.24. The Morgan fingerprint density at radius 3 is 2.40 bits per heavy atom. The zero-order chi connectivity index (χ0) is 14.7. The molecule has 2 atom stereocenters. The van der Waals surface area contributed by atoms with Gasteiger partial charge in [0.2, 0.25) is 0 Å². The van der Waals surface area contributed by atoms with Crippen molar-refractivity contribution in [3.63, 3.8) is 0 Å². The molecule has 1 saturated heterocycles. The van der Waals surface area contributed by atoms with Crippen molar-refractivity contribution < 1.29 is 18.8 Å². The molecule has 0 spiro atoms. The van der Waals surface area contributed by atoms with E-state index in [-0.39, 0.29) is 6.42 Å². The Morgan fingerprint density at radius 2 is 1.80 bits per heavy atom. The van der Waals surface area contributed by atoms with Crippen LogP contribution in [0.5, 0.6) is 0 Å². The molecular formula is C15H20BFO3. The second kappa shape index (κ2) is 4.29. The minimum absolute atomic E-state index is 0.219. The number of aliphatic hydroxyl groups excluding tert-OH is 1. The number of benzene rings is 1. The van der Waals surface area contributed by atoms with E-state index in [9.17, 15) is 9.50 Å². The molecule has 1 N–H and O–H groups in total. The number of aliphatic hydroxyl groups is 1. The average Bonchev–Trinajstić information content (AvgIpc) is 2.74. The summed E-state index contributed by atoms with van der Waals surface area (Å²) in [5.74, 6) is 0. The lowest BCUT2D eigenvalue weighted by molar-refractivity contribution is 0.00578. The summed E-state index contributed by atoms with van der Waals surface area (Å²) < 4.78 is 25.8. The van der Waals surface area contributed by atoms with E-state index in [2.05, 4.69) is 0 Å². The van der Waals surface area contributed by atoms with Crippen LogP contribution in [-0.4, -0.2) is 29.6 Å². The fourth-order valence-electron chi connectivity index (χ4n) is 2.83. The Kier molecular flexibility index (Phi) is 3.02. The first-order valence-corrected chi connectivity index (χ1v) is 7.02. The number of fused-ring (bicyclic) bond motifs is 1. The van der Waals surface area contributed by atoms with Gasteiger partial charge in [0.15, 0.2) is 0 Å². The third-order valence-corrected chi connectivity index (χ3v) is 4.82. The molecule has 1 fully saturated rings. The van der Waals surface area contributed by atoms with E-state index in [1.807, 2.05) is 39.8 Å². The van der Waals surface area contributed by atoms with Gasteiger partial charge in [-0.1, -0.05) is 18.2 Å². The summed E-state index contributed by atoms with van der Waals surface area (Å²) in [5, 5.41) is 9.87. The first-order chi connectivity index (χ1) is 9.23. The van der Waals surface area contributed by atoms with Gasteiger partial charge in [0, 0.05) is 6.42 Å². The standard InChI is InChI=1S/C15H20BFO3/c1-14(2)15(3,4)20-16(19-14)11-7-5-6-9-10(11)8-12(17)13(9)18/h5-7,12-13,18H,8H2,1-4H3/t12-,13-/m1/s1. The van der Waals surface area contributed by atoms with Gasteiger partial charge in [-0.2, -0.15) is 0 Å². The lowest BCUT2D eigenvalue weighted by Gasteiger charge is -2.32. The maximum atomic E-state index is 13.7. The highest BCUT2D eigenvalue weighted by Crippen LogP contribution is 2.38. The van der Waals surface area contributed by atoms with Crippen molar-refractivity contribution >= 4 is 12.6 Å².